The van der Waals surface area contributed by atoms with Crippen LogP contribution in [0.1, 0.15) is 46.2 Å². The normalized spacial score (nSPS) is 10.6. The third-order valence-electron chi connectivity index (χ3n) is 3.02. The number of carbonyl (C=O) groups excluding carboxylic acids is 1. The van der Waals surface area contributed by atoms with E-state index in [2.05, 4.69) is 36.2 Å². The Balaban J connectivity index is 2.08. The van der Waals surface area contributed by atoms with Gasteiger partial charge in [-0.2, -0.15) is 0 Å². The van der Waals surface area contributed by atoms with Crippen molar-refractivity contribution in [1.29, 1.82) is 0 Å². The molecule has 2 aromatic rings. The molecule has 0 radical (unpaired) electrons. The van der Waals surface area contributed by atoms with Crippen LogP contribution in [0.3, 0.4) is 0 Å². The average Bonchev–Trinajstić information content (AvgIpc) is 2.81. The monoisotopic (exact) mass is 273 g/mol. The Labute approximate surface area is 118 Å². The zero-order chi connectivity index (χ0) is 13.7. The van der Waals surface area contributed by atoms with E-state index in [4.69, 9.17) is 0 Å². The summed E-state index contributed by atoms with van der Waals surface area (Å²) in [4.78, 5) is 17.1. The van der Waals surface area contributed by atoms with Gasteiger partial charge in [0.25, 0.3) is 0 Å². The van der Waals surface area contributed by atoms with Gasteiger partial charge >= 0.3 is 0 Å². The van der Waals surface area contributed by atoms with Crippen molar-refractivity contribution in [2.45, 2.75) is 39.5 Å². The third-order valence-corrected chi connectivity index (χ3v) is 4.28. The summed E-state index contributed by atoms with van der Waals surface area (Å²) < 4.78 is 0. The number of Topliss-reactive ketones (excluding diaryl/α,β-unsaturated/α-hetero) is 1. The van der Waals surface area contributed by atoms with E-state index in [-0.39, 0.29) is 5.78 Å². The fourth-order valence-electron chi connectivity index (χ4n) is 2.09. The van der Waals surface area contributed by atoms with Gasteiger partial charge in [-0.05, 0) is 18.4 Å². The molecule has 19 heavy (non-hydrogen) atoms. The molecule has 0 aliphatic carbocycles. The first-order valence-corrected chi connectivity index (χ1v) is 7.55. The first kappa shape index (κ1) is 13.9. The van der Waals surface area contributed by atoms with Gasteiger partial charge in [0.2, 0.25) is 0 Å². The summed E-state index contributed by atoms with van der Waals surface area (Å²) in [5.74, 6) is 0.145. The molecular weight excluding hydrogens is 254 g/mol. The van der Waals surface area contributed by atoms with Crippen LogP contribution >= 0.6 is 11.3 Å². The number of nitrogens with zero attached hydrogens (tertiary/aromatic N) is 1. The number of thiazole rings is 1. The Morgan fingerprint density at radius 1 is 1.16 bits per heavy atom. The molecule has 0 saturated carbocycles. The van der Waals surface area contributed by atoms with Gasteiger partial charge in [-0.3, -0.25) is 4.79 Å². The molecule has 0 bridgehead atoms. The Morgan fingerprint density at radius 2 is 1.89 bits per heavy atom. The first-order valence-electron chi connectivity index (χ1n) is 6.74. The maximum atomic E-state index is 11.6. The highest BCUT2D eigenvalue weighted by atomic mass is 32.1. The van der Waals surface area contributed by atoms with Crippen molar-refractivity contribution in [1.82, 2.24) is 4.98 Å². The lowest BCUT2D eigenvalue weighted by Crippen LogP contribution is -1.95. The second-order valence-corrected chi connectivity index (χ2v) is 5.76. The molecule has 0 unspecified atom stereocenters. The molecule has 0 amide bonds. The van der Waals surface area contributed by atoms with Crippen LogP contribution in [0.5, 0.6) is 0 Å². The van der Waals surface area contributed by atoms with Gasteiger partial charge < -0.3 is 0 Å². The predicted molar refractivity (Wildman–Crippen MR) is 80.0 cm³/mol. The smallest absolute Gasteiger partial charge is 0.171 e. The molecule has 0 N–H and O–H groups in total. The maximum absolute atomic E-state index is 11.6. The van der Waals surface area contributed by atoms with E-state index in [9.17, 15) is 4.79 Å². The second-order valence-electron chi connectivity index (χ2n) is 4.68. The van der Waals surface area contributed by atoms with E-state index in [1.165, 1.54) is 5.56 Å². The summed E-state index contributed by atoms with van der Waals surface area (Å²) in [5, 5.41) is 1.08. The van der Waals surface area contributed by atoms with Crippen molar-refractivity contribution >= 4 is 17.1 Å². The van der Waals surface area contributed by atoms with Crippen LogP contribution in [0.25, 0.3) is 0 Å². The molecule has 2 rings (SSSR count). The molecule has 0 fully saturated rings. The molecule has 1 aromatic heterocycles. The molecule has 3 heteroatoms. The summed E-state index contributed by atoms with van der Waals surface area (Å²) in [7, 11) is 0. The van der Waals surface area contributed by atoms with Crippen molar-refractivity contribution < 1.29 is 4.79 Å². The minimum absolute atomic E-state index is 0.145. The first-order chi connectivity index (χ1) is 9.20. The number of benzene rings is 1. The Kier molecular flexibility index (Phi) is 4.86. The molecule has 2 nitrogen and oxygen atoms in total. The van der Waals surface area contributed by atoms with E-state index >= 15 is 0 Å². The number of hydrogen-bond donors (Lipinski definition) is 0. The molecule has 0 saturated heterocycles. The SMILES string of the molecule is CCCc1nc(CCc2ccccc2)sc1C(C)=O. The highest BCUT2D eigenvalue weighted by molar-refractivity contribution is 7.13. The summed E-state index contributed by atoms with van der Waals surface area (Å²) in [6, 6.07) is 10.4. The largest absolute Gasteiger partial charge is 0.294 e. The van der Waals surface area contributed by atoms with Crippen molar-refractivity contribution in [2.75, 3.05) is 0 Å². The lowest BCUT2D eigenvalue weighted by Gasteiger charge is -1.97. The van der Waals surface area contributed by atoms with E-state index < -0.39 is 0 Å². The molecule has 0 atom stereocenters. The fourth-order valence-corrected chi connectivity index (χ4v) is 3.09. The molecule has 0 aliphatic heterocycles. The van der Waals surface area contributed by atoms with Gasteiger partial charge in [0, 0.05) is 13.3 Å². The summed E-state index contributed by atoms with van der Waals surface area (Å²) >= 11 is 1.57. The van der Waals surface area contributed by atoms with E-state index in [1.54, 1.807) is 18.3 Å². The highest BCUT2D eigenvalue weighted by Crippen LogP contribution is 2.22. The zero-order valence-electron chi connectivity index (χ0n) is 11.5. The quantitative estimate of drug-likeness (QED) is 0.742. The van der Waals surface area contributed by atoms with Gasteiger partial charge in [-0.15, -0.1) is 11.3 Å². The van der Waals surface area contributed by atoms with E-state index in [0.29, 0.717) is 0 Å². The lowest BCUT2D eigenvalue weighted by atomic mass is 10.1. The van der Waals surface area contributed by atoms with E-state index in [0.717, 1.165) is 41.3 Å². The number of hydrogen-bond acceptors (Lipinski definition) is 3. The van der Waals surface area contributed by atoms with Crippen LogP contribution < -0.4 is 0 Å². The lowest BCUT2D eigenvalue weighted by molar-refractivity contribution is 0.102. The van der Waals surface area contributed by atoms with Crippen LogP contribution in [-0.2, 0) is 19.3 Å². The minimum atomic E-state index is 0.145. The molecule has 1 heterocycles. The Hall–Kier alpha value is -1.48. The zero-order valence-corrected chi connectivity index (χ0v) is 12.3. The fraction of sp³-hybridized carbons (Fsp3) is 0.375. The standard InChI is InChI=1S/C16H19NOS/c1-3-7-14-16(12(2)18)19-15(17-14)11-10-13-8-5-4-6-9-13/h4-6,8-9H,3,7,10-11H2,1-2H3. The van der Waals surface area contributed by atoms with Gasteiger partial charge in [-0.25, -0.2) is 4.98 Å². The van der Waals surface area contributed by atoms with Gasteiger partial charge in [0.1, 0.15) is 0 Å². The molecular formula is C16H19NOS. The minimum Gasteiger partial charge on any atom is -0.294 e. The molecule has 1 aromatic carbocycles. The van der Waals surface area contributed by atoms with E-state index in [1.807, 2.05) is 6.07 Å². The van der Waals surface area contributed by atoms with Gasteiger partial charge in [0.05, 0.1) is 15.6 Å². The molecule has 0 spiro atoms. The summed E-state index contributed by atoms with van der Waals surface area (Å²) in [6.07, 6.45) is 3.83. The summed E-state index contributed by atoms with van der Waals surface area (Å²) in [6.45, 7) is 3.75. The number of carbonyl (C=O) groups is 1. The van der Waals surface area contributed by atoms with Crippen LogP contribution in [0, 0.1) is 0 Å². The topological polar surface area (TPSA) is 30.0 Å². The van der Waals surface area contributed by atoms with Gasteiger partial charge in [0.15, 0.2) is 5.78 Å². The Bertz CT molecular complexity index is 545. The third kappa shape index (κ3) is 3.74. The number of aryl methyl sites for hydroxylation is 3. The number of ketones is 1. The maximum Gasteiger partial charge on any atom is 0.171 e. The second kappa shape index (κ2) is 6.62. The van der Waals surface area contributed by atoms with Crippen LogP contribution in [0.4, 0.5) is 0 Å². The van der Waals surface area contributed by atoms with Crippen LogP contribution in [0.2, 0.25) is 0 Å². The van der Waals surface area contributed by atoms with Crippen molar-refractivity contribution in [2.24, 2.45) is 0 Å². The average molecular weight is 273 g/mol. The Morgan fingerprint density at radius 3 is 2.53 bits per heavy atom. The van der Waals surface area contributed by atoms with Crippen LogP contribution in [0.15, 0.2) is 30.3 Å². The predicted octanol–water partition coefficient (Wildman–Crippen LogP) is 4.08. The number of rotatable bonds is 6. The highest BCUT2D eigenvalue weighted by Gasteiger charge is 2.13. The van der Waals surface area contributed by atoms with Crippen molar-refractivity contribution in [3.8, 4) is 0 Å². The number of aromatic nitrogens is 1. The molecule has 0 aliphatic rings. The van der Waals surface area contributed by atoms with Crippen LogP contribution in [-0.4, -0.2) is 10.8 Å². The molecule has 100 valence electrons. The van der Waals surface area contributed by atoms with Crippen molar-refractivity contribution in [3.05, 3.63) is 51.5 Å². The van der Waals surface area contributed by atoms with Gasteiger partial charge in [-0.1, -0.05) is 43.7 Å². The summed E-state index contributed by atoms with van der Waals surface area (Å²) in [5.41, 5.74) is 2.31. The van der Waals surface area contributed by atoms with Crippen molar-refractivity contribution in [3.63, 3.8) is 0 Å².